The lowest BCUT2D eigenvalue weighted by atomic mass is 10.2. The fourth-order valence-electron chi connectivity index (χ4n) is 1.21. The van der Waals surface area contributed by atoms with E-state index in [-0.39, 0.29) is 23.0 Å². The minimum Gasteiger partial charge on any atom is -0.281 e. The van der Waals surface area contributed by atoms with Crippen LogP contribution in [0.15, 0.2) is 0 Å². The molecule has 1 rings (SSSR count). The normalized spacial score (nSPS) is 23.8. The second-order valence-corrected chi connectivity index (χ2v) is 4.09. The molecule has 1 atom stereocenters. The Labute approximate surface area is 77.5 Å². The number of hydrogen-bond donors (Lipinski definition) is 1. The number of rotatable bonds is 1. The van der Waals surface area contributed by atoms with E-state index in [1.165, 1.54) is 4.90 Å². The van der Waals surface area contributed by atoms with Crippen molar-refractivity contribution in [1.29, 1.82) is 0 Å². The van der Waals surface area contributed by atoms with Crippen molar-refractivity contribution in [2.45, 2.75) is 25.5 Å². The Morgan fingerprint density at radius 3 is 2.58 bits per heavy atom. The summed E-state index contributed by atoms with van der Waals surface area (Å²) in [4.78, 5) is 23.9. The smallest absolute Gasteiger partial charge is 0.231 e. The van der Waals surface area contributed by atoms with Crippen LogP contribution in [0.25, 0.3) is 0 Å². The number of carbonyl (C=O) groups is 2. The van der Waals surface area contributed by atoms with Crippen molar-refractivity contribution in [3.8, 4) is 0 Å². The Balaban J connectivity index is 2.64. The minimum absolute atomic E-state index is 0.0280. The quantitative estimate of drug-likeness (QED) is 0.614. The monoisotopic (exact) mass is 187 g/mol. The zero-order valence-electron chi connectivity index (χ0n) is 7.28. The van der Waals surface area contributed by atoms with Crippen LogP contribution in [0.4, 0.5) is 0 Å². The van der Waals surface area contributed by atoms with E-state index in [9.17, 15) is 9.59 Å². The van der Waals surface area contributed by atoms with Crippen molar-refractivity contribution in [2.75, 3.05) is 6.54 Å². The molecule has 0 saturated carbocycles. The van der Waals surface area contributed by atoms with Crippen LogP contribution in [0, 0.1) is 5.92 Å². The average molecular weight is 187 g/mol. The van der Waals surface area contributed by atoms with E-state index >= 15 is 0 Å². The molecule has 1 fully saturated rings. The third-order valence-corrected chi connectivity index (χ3v) is 2.21. The maximum Gasteiger partial charge on any atom is 0.231 e. The highest BCUT2D eigenvalue weighted by Crippen LogP contribution is 2.17. The van der Waals surface area contributed by atoms with Crippen LogP contribution in [0.1, 0.15) is 20.3 Å². The fourth-order valence-corrected chi connectivity index (χ4v) is 1.53. The molecule has 4 heteroatoms. The van der Waals surface area contributed by atoms with Crippen molar-refractivity contribution in [3.05, 3.63) is 0 Å². The van der Waals surface area contributed by atoms with Gasteiger partial charge in [-0.1, -0.05) is 13.8 Å². The van der Waals surface area contributed by atoms with Gasteiger partial charge in [0, 0.05) is 24.1 Å². The van der Waals surface area contributed by atoms with E-state index < -0.39 is 0 Å². The Hall–Kier alpha value is -0.510. The van der Waals surface area contributed by atoms with Gasteiger partial charge in [0.15, 0.2) is 0 Å². The van der Waals surface area contributed by atoms with Crippen molar-refractivity contribution in [2.24, 2.45) is 5.92 Å². The Morgan fingerprint density at radius 1 is 1.67 bits per heavy atom. The van der Waals surface area contributed by atoms with Crippen LogP contribution in [-0.2, 0) is 9.59 Å². The Bertz CT molecular complexity index is 215. The van der Waals surface area contributed by atoms with Crippen LogP contribution >= 0.6 is 12.6 Å². The van der Waals surface area contributed by atoms with E-state index in [4.69, 9.17) is 0 Å². The van der Waals surface area contributed by atoms with Gasteiger partial charge < -0.3 is 0 Å². The van der Waals surface area contributed by atoms with E-state index in [2.05, 4.69) is 12.6 Å². The van der Waals surface area contributed by atoms with Crippen LogP contribution in [0.3, 0.4) is 0 Å². The molecule has 0 N–H and O–H groups in total. The molecule has 1 aliphatic rings. The first kappa shape index (κ1) is 9.58. The molecule has 1 heterocycles. The van der Waals surface area contributed by atoms with Crippen molar-refractivity contribution >= 4 is 24.4 Å². The number of likely N-dealkylation sites (tertiary alicyclic amines) is 1. The number of hydrogen-bond acceptors (Lipinski definition) is 3. The summed E-state index contributed by atoms with van der Waals surface area (Å²) in [6, 6.07) is 0. The van der Waals surface area contributed by atoms with E-state index in [0.29, 0.717) is 13.0 Å². The molecule has 0 aromatic carbocycles. The zero-order valence-corrected chi connectivity index (χ0v) is 8.17. The summed E-state index contributed by atoms with van der Waals surface area (Å²) < 4.78 is 0. The van der Waals surface area contributed by atoms with Gasteiger partial charge in [0.2, 0.25) is 11.8 Å². The fraction of sp³-hybridized carbons (Fsp3) is 0.750. The molecule has 1 saturated heterocycles. The second-order valence-electron chi connectivity index (χ2n) is 3.36. The van der Waals surface area contributed by atoms with Crippen LogP contribution < -0.4 is 0 Å². The summed E-state index contributed by atoms with van der Waals surface area (Å²) in [6.07, 6.45) is 0.390. The van der Waals surface area contributed by atoms with Gasteiger partial charge in [-0.15, -0.1) is 0 Å². The molecule has 68 valence electrons. The second kappa shape index (κ2) is 3.47. The maximum absolute atomic E-state index is 11.4. The number of imide groups is 1. The lowest BCUT2D eigenvalue weighted by Crippen LogP contribution is -2.35. The highest BCUT2D eigenvalue weighted by Gasteiger charge is 2.32. The van der Waals surface area contributed by atoms with Crippen LogP contribution in [0.5, 0.6) is 0 Å². The molecule has 0 aromatic rings. The van der Waals surface area contributed by atoms with Gasteiger partial charge >= 0.3 is 0 Å². The lowest BCUT2D eigenvalue weighted by molar-refractivity contribution is -0.143. The largest absolute Gasteiger partial charge is 0.281 e. The van der Waals surface area contributed by atoms with Gasteiger partial charge in [-0.2, -0.15) is 12.6 Å². The lowest BCUT2D eigenvalue weighted by Gasteiger charge is -2.15. The third kappa shape index (κ3) is 1.80. The molecule has 12 heavy (non-hydrogen) atoms. The van der Waals surface area contributed by atoms with Crippen molar-refractivity contribution in [1.82, 2.24) is 4.90 Å². The summed E-state index contributed by atoms with van der Waals surface area (Å²) in [5.41, 5.74) is 0. The number of carbonyl (C=O) groups excluding carboxylic acids is 2. The molecular formula is C8H13NO2S. The first-order chi connectivity index (χ1) is 5.52. The van der Waals surface area contributed by atoms with Crippen molar-refractivity contribution in [3.63, 3.8) is 0 Å². The van der Waals surface area contributed by atoms with E-state index in [1.807, 2.05) is 0 Å². The van der Waals surface area contributed by atoms with Crippen LogP contribution in [-0.4, -0.2) is 28.5 Å². The molecule has 2 amide bonds. The molecule has 1 aliphatic heterocycles. The molecule has 3 nitrogen and oxygen atoms in total. The predicted molar refractivity (Wildman–Crippen MR) is 48.9 cm³/mol. The summed E-state index contributed by atoms with van der Waals surface area (Å²) in [5, 5.41) is 0.0280. The number of thiol groups is 1. The Kier molecular flexibility index (Phi) is 2.77. The van der Waals surface area contributed by atoms with Gasteiger partial charge in [0.05, 0.1) is 0 Å². The van der Waals surface area contributed by atoms with E-state index in [0.717, 1.165) is 0 Å². The van der Waals surface area contributed by atoms with Gasteiger partial charge in [-0.3, -0.25) is 14.5 Å². The molecule has 0 radical (unpaired) electrons. The molecule has 0 aromatic heterocycles. The van der Waals surface area contributed by atoms with E-state index in [1.54, 1.807) is 13.8 Å². The molecule has 0 unspecified atom stereocenters. The van der Waals surface area contributed by atoms with Gasteiger partial charge in [0.25, 0.3) is 0 Å². The Morgan fingerprint density at radius 2 is 2.25 bits per heavy atom. The van der Waals surface area contributed by atoms with Gasteiger partial charge in [-0.25, -0.2) is 0 Å². The first-order valence-corrected chi connectivity index (χ1v) is 4.56. The summed E-state index contributed by atoms with van der Waals surface area (Å²) in [6.45, 7) is 4.06. The van der Waals surface area contributed by atoms with Gasteiger partial charge in [-0.05, 0) is 0 Å². The molecule has 0 aliphatic carbocycles. The highest BCUT2D eigenvalue weighted by atomic mass is 32.1. The standard InChI is InChI=1S/C8H13NO2S/c1-5(2)8(11)9-4-6(12)3-7(9)10/h5-6,12H,3-4H2,1-2H3/t6-/m0/s1. The number of nitrogens with zero attached hydrogens (tertiary/aromatic N) is 1. The third-order valence-electron chi connectivity index (χ3n) is 1.86. The highest BCUT2D eigenvalue weighted by molar-refractivity contribution is 7.81. The van der Waals surface area contributed by atoms with Crippen LogP contribution in [0.2, 0.25) is 0 Å². The molecule has 0 spiro atoms. The minimum atomic E-state index is -0.104. The average Bonchev–Trinajstić information content (AvgIpc) is 2.28. The van der Waals surface area contributed by atoms with Crippen molar-refractivity contribution < 1.29 is 9.59 Å². The summed E-state index contributed by atoms with van der Waals surface area (Å²) in [7, 11) is 0. The number of amides is 2. The van der Waals surface area contributed by atoms with Gasteiger partial charge in [0.1, 0.15) is 0 Å². The zero-order chi connectivity index (χ0) is 9.30. The maximum atomic E-state index is 11.4. The summed E-state index contributed by atoms with van der Waals surface area (Å²) in [5.74, 6) is -0.280. The predicted octanol–water partition coefficient (Wildman–Crippen LogP) is 0.700. The topological polar surface area (TPSA) is 37.4 Å². The summed E-state index contributed by atoms with van der Waals surface area (Å²) >= 11 is 4.16. The molecule has 0 bridgehead atoms. The SMILES string of the molecule is CC(C)C(=O)N1C[C@@H](S)CC1=O. The molecular weight excluding hydrogens is 174 g/mol. The first-order valence-electron chi connectivity index (χ1n) is 4.04.